The fourth-order valence-corrected chi connectivity index (χ4v) is 3.92. The van der Waals surface area contributed by atoms with Crippen LogP contribution in [-0.4, -0.2) is 63.9 Å². The van der Waals surface area contributed by atoms with Crippen LogP contribution in [0.15, 0.2) is 12.2 Å². The first-order valence-electron chi connectivity index (χ1n) is 11.2. The van der Waals surface area contributed by atoms with Crippen molar-refractivity contribution in [3.05, 3.63) is 12.2 Å². The Labute approximate surface area is 181 Å². The lowest BCUT2D eigenvalue weighted by Gasteiger charge is -2.42. The minimum Gasteiger partial charge on any atom is -0.481 e. The topological polar surface area (TPSA) is 112 Å². The fourth-order valence-electron chi connectivity index (χ4n) is 3.92. The molecule has 30 heavy (non-hydrogen) atoms. The molecule has 0 bridgehead atoms. The standard InChI is InChI=1S/C23H41NO6/c1-5-6-7-8-9-10-11-12-13-14-24(15-18(2)21(25)26,16-19(3)22(27)28)17-20(4)23(29)30/h11-12,18-20H,5-10,13-17H2,1-4H3,(H2-,25,26,27,28,29,30)/p+1/b12-11+. The number of carboxylic acid groups (broad SMARTS) is 3. The van der Waals surface area contributed by atoms with Crippen molar-refractivity contribution in [2.75, 3.05) is 26.2 Å². The number of rotatable bonds is 18. The van der Waals surface area contributed by atoms with E-state index in [0.29, 0.717) is 13.0 Å². The summed E-state index contributed by atoms with van der Waals surface area (Å²) in [5, 5.41) is 28.2. The van der Waals surface area contributed by atoms with E-state index in [1.54, 1.807) is 20.8 Å². The first-order valence-corrected chi connectivity index (χ1v) is 11.2. The van der Waals surface area contributed by atoms with Crippen LogP contribution in [0.25, 0.3) is 0 Å². The quantitative estimate of drug-likeness (QED) is 0.171. The van der Waals surface area contributed by atoms with E-state index >= 15 is 0 Å². The lowest BCUT2D eigenvalue weighted by Crippen LogP contribution is -2.57. The second-order valence-electron chi connectivity index (χ2n) is 8.79. The van der Waals surface area contributed by atoms with Gasteiger partial charge < -0.3 is 19.8 Å². The Morgan fingerprint density at radius 2 is 1.10 bits per heavy atom. The van der Waals surface area contributed by atoms with Crippen LogP contribution in [0.4, 0.5) is 0 Å². The zero-order valence-electron chi connectivity index (χ0n) is 19.2. The molecule has 0 saturated carbocycles. The van der Waals surface area contributed by atoms with Gasteiger partial charge in [0.25, 0.3) is 0 Å². The molecular weight excluding hydrogens is 386 g/mol. The Bertz CT molecular complexity index is 505. The maximum atomic E-state index is 11.5. The van der Waals surface area contributed by atoms with Crippen molar-refractivity contribution in [1.82, 2.24) is 0 Å². The molecule has 7 heteroatoms. The average Bonchev–Trinajstić information content (AvgIpc) is 2.66. The minimum absolute atomic E-state index is 0.176. The number of allylic oxidation sites excluding steroid dienone is 1. The third kappa shape index (κ3) is 12.0. The summed E-state index contributed by atoms with van der Waals surface area (Å²) < 4.78 is 0.176. The molecule has 0 aliphatic heterocycles. The summed E-state index contributed by atoms with van der Waals surface area (Å²) in [6, 6.07) is 0. The summed E-state index contributed by atoms with van der Waals surface area (Å²) >= 11 is 0. The average molecular weight is 429 g/mol. The molecule has 0 aromatic carbocycles. The van der Waals surface area contributed by atoms with Crippen LogP contribution in [0.1, 0.15) is 72.6 Å². The summed E-state index contributed by atoms with van der Waals surface area (Å²) in [7, 11) is 0. The Morgan fingerprint density at radius 1 is 0.700 bits per heavy atom. The van der Waals surface area contributed by atoms with Crippen molar-refractivity contribution in [3.8, 4) is 0 Å². The SMILES string of the molecule is CCCCCCC/C=C/CC[N+](CC(C)C(=O)O)(CC(C)C(=O)O)CC(C)C(=O)O. The summed E-state index contributed by atoms with van der Waals surface area (Å²) in [6.45, 7) is 8.15. The Kier molecular flexibility index (Phi) is 14.0. The van der Waals surface area contributed by atoms with Gasteiger partial charge in [-0.3, -0.25) is 14.4 Å². The lowest BCUT2D eigenvalue weighted by atomic mass is 10.0. The van der Waals surface area contributed by atoms with Crippen LogP contribution in [-0.2, 0) is 14.4 Å². The number of quaternary nitrogens is 1. The van der Waals surface area contributed by atoms with Crippen molar-refractivity contribution < 1.29 is 34.2 Å². The van der Waals surface area contributed by atoms with E-state index in [9.17, 15) is 29.7 Å². The van der Waals surface area contributed by atoms with Crippen LogP contribution in [0.3, 0.4) is 0 Å². The van der Waals surface area contributed by atoms with E-state index in [-0.39, 0.29) is 24.1 Å². The van der Waals surface area contributed by atoms with Gasteiger partial charge >= 0.3 is 17.9 Å². The van der Waals surface area contributed by atoms with Crippen LogP contribution in [0, 0.1) is 17.8 Å². The van der Waals surface area contributed by atoms with Crippen molar-refractivity contribution in [2.45, 2.75) is 72.6 Å². The number of hydrogen-bond acceptors (Lipinski definition) is 3. The van der Waals surface area contributed by atoms with Gasteiger partial charge in [-0.2, -0.15) is 0 Å². The molecule has 0 aromatic rings. The van der Waals surface area contributed by atoms with Crippen LogP contribution in [0.5, 0.6) is 0 Å². The number of hydrogen-bond donors (Lipinski definition) is 3. The molecule has 0 radical (unpaired) electrons. The van der Waals surface area contributed by atoms with Gasteiger partial charge in [0, 0.05) is 6.42 Å². The maximum absolute atomic E-state index is 11.5. The molecule has 0 spiro atoms. The van der Waals surface area contributed by atoms with E-state index in [2.05, 4.69) is 19.1 Å². The van der Waals surface area contributed by atoms with Crippen molar-refractivity contribution in [2.24, 2.45) is 17.8 Å². The van der Waals surface area contributed by atoms with E-state index in [4.69, 9.17) is 0 Å². The minimum atomic E-state index is -0.953. The molecule has 174 valence electrons. The van der Waals surface area contributed by atoms with Crippen LogP contribution >= 0.6 is 0 Å². The second-order valence-corrected chi connectivity index (χ2v) is 8.79. The van der Waals surface area contributed by atoms with E-state index in [1.807, 2.05) is 0 Å². The number of carbonyl (C=O) groups is 3. The molecule has 0 aliphatic rings. The van der Waals surface area contributed by atoms with Gasteiger partial charge in [-0.15, -0.1) is 0 Å². The van der Waals surface area contributed by atoms with Gasteiger partial charge in [-0.1, -0.05) is 44.8 Å². The third-order valence-electron chi connectivity index (χ3n) is 5.66. The Hall–Kier alpha value is -1.89. The van der Waals surface area contributed by atoms with Gasteiger partial charge in [-0.05, 0) is 33.6 Å². The van der Waals surface area contributed by atoms with Gasteiger partial charge in [0.2, 0.25) is 0 Å². The zero-order valence-corrected chi connectivity index (χ0v) is 19.2. The summed E-state index contributed by atoms with van der Waals surface area (Å²) in [5.74, 6) is -4.91. The fraction of sp³-hybridized carbons (Fsp3) is 0.783. The van der Waals surface area contributed by atoms with Crippen molar-refractivity contribution in [3.63, 3.8) is 0 Å². The Balaban J connectivity index is 5.24. The molecule has 0 heterocycles. The molecule has 0 amide bonds. The molecule has 0 saturated heterocycles. The second kappa shape index (κ2) is 15.0. The number of aliphatic carboxylic acids is 3. The monoisotopic (exact) mass is 428 g/mol. The summed E-state index contributed by atoms with van der Waals surface area (Å²) in [6.07, 6.45) is 11.9. The Morgan fingerprint density at radius 3 is 1.50 bits per heavy atom. The normalized spacial score (nSPS) is 16.7. The number of unbranched alkanes of at least 4 members (excludes halogenated alkanes) is 5. The number of carboxylic acids is 3. The molecule has 0 fully saturated rings. The van der Waals surface area contributed by atoms with Gasteiger partial charge in [-0.25, -0.2) is 0 Å². The van der Waals surface area contributed by atoms with Crippen LogP contribution < -0.4 is 0 Å². The van der Waals surface area contributed by atoms with Crippen molar-refractivity contribution in [1.29, 1.82) is 0 Å². The maximum Gasteiger partial charge on any atom is 0.311 e. The summed E-state index contributed by atoms with van der Waals surface area (Å²) in [4.78, 5) is 34.4. The molecule has 0 aromatic heterocycles. The van der Waals surface area contributed by atoms with Crippen LogP contribution in [0.2, 0.25) is 0 Å². The first-order chi connectivity index (χ1) is 14.0. The molecule has 0 aliphatic carbocycles. The highest BCUT2D eigenvalue weighted by atomic mass is 16.4. The smallest absolute Gasteiger partial charge is 0.311 e. The summed E-state index contributed by atoms with van der Waals surface area (Å²) in [5.41, 5.74) is 0. The van der Waals surface area contributed by atoms with Gasteiger partial charge in [0.15, 0.2) is 0 Å². The molecule has 7 nitrogen and oxygen atoms in total. The number of nitrogens with zero attached hydrogens (tertiary/aromatic N) is 1. The zero-order chi connectivity index (χ0) is 23.2. The highest BCUT2D eigenvalue weighted by Gasteiger charge is 2.37. The van der Waals surface area contributed by atoms with Gasteiger partial charge in [0.1, 0.15) is 17.8 Å². The highest BCUT2D eigenvalue weighted by molar-refractivity contribution is 5.70. The molecule has 0 rings (SSSR count). The van der Waals surface area contributed by atoms with E-state index in [1.165, 1.54) is 25.7 Å². The third-order valence-corrected chi connectivity index (χ3v) is 5.66. The molecule has 3 N–H and O–H groups in total. The lowest BCUT2D eigenvalue weighted by molar-refractivity contribution is -0.933. The molecule has 3 atom stereocenters. The van der Waals surface area contributed by atoms with E-state index in [0.717, 1.165) is 12.8 Å². The van der Waals surface area contributed by atoms with E-state index < -0.39 is 35.7 Å². The molecule has 3 unspecified atom stereocenters. The van der Waals surface area contributed by atoms with Gasteiger partial charge in [0.05, 0.1) is 26.2 Å². The largest absolute Gasteiger partial charge is 0.481 e. The predicted molar refractivity (Wildman–Crippen MR) is 117 cm³/mol. The first kappa shape index (κ1) is 28.1. The predicted octanol–water partition coefficient (Wildman–Crippen LogP) is 4.27. The highest BCUT2D eigenvalue weighted by Crippen LogP contribution is 2.21. The van der Waals surface area contributed by atoms with Crippen molar-refractivity contribution >= 4 is 17.9 Å². The molecular formula is C23H42NO6+.